The van der Waals surface area contributed by atoms with Crippen LogP contribution in [0.3, 0.4) is 0 Å². The first-order valence-electron chi connectivity index (χ1n) is 3.38. The van der Waals surface area contributed by atoms with E-state index in [0.717, 1.165) is 13.1 Å². The molecule has 0 aromatic rings. The van der Waals surface area contributed by atoms with Crippen LogP contribution in [0, 0.1) is 17.8 Å². The lowest BCUT2D eigenvalue weighted by molar-refractivity contribution is 0.277. The van der Waals surface area contributed by atoms with E-state index in [2.05, 4.69) is 0 Å². The summed E-state index contributed by atoms with van der Waals surface area (Å²) in [6.07, 6.45) is 0. The number of halogens is 1. The summed E-state index contributed by atoms with van der Waals surface area (Å²) >= 11 is 0. The fourth-order valence-electron chi connectivity index (χ4n) is 1.91. The first-order chi connectivity index (χ1) is 4.33. The average Bonchev–Trinajstić information content (AvgIpc) is 2.30. The second-order valence-electron chi connectivity index (χ2n) is 3.10. The van der Waals surface area contributed by atoms with Crippen LogP contribution in [0.5, 0.6) is 0 Å². The number of rotatable bonds is 1. The summed E-state index contributed by atoms with van der Waals surface area (Å²) in [6, 6.07) is 0. The number of piperidine rings is 1. The van der Waals surface area contributed by atoms with E-state index in [-0.39, 0.29) is 6.67 Å². The Kier molecular flexibility index (Phi) is 1.04. The van der Waals surface area contributed by atoms with Gasteiger partial charge in [0.1, 0.15) is 0 Å². The number of nitrogens with two attached hydrogens (primary N) is 1. The monoisotopic (exact) mass is 130 g/mol. The van der Waals surface area contributed by atoms with Gasteiger partial charge in [-0.05, 0) is 17.8 Å². The van der Waals surface area contributed by atoms with E-state index >= 15 is 0 Å². The van der Waals surface area contributed by atoms with Crippen molar-refractivity contribution in [3.8, 4) is 0 Å². The molecule has 0 aromatic heterocycles. The molecule has 52 valence electrons. The molecule has 2 nitrogen and oxygen atoms in total. The van der Waals surface area contributed by atoms with E-state index in [1.165, 1.54) is 0 Å². The molecule has 3 heteroatoms. The van der Waals surface area contributed by atoms with Crippen molar-refractivity contribution in [3.63, 3.8) is 0 Å². The summed E-state index contributed by atoms with van der Waals surface area (Å²) in [5.41, 5.74) is 0. The summed E-state index contributed by atoms with van der Waals surface area (Å²) < 4.78 is 12.0. The third-order valence-electron chi connectivity index (χ3n) is 2.58. The minimum absolute atomic E-state index is 0.136. The van der Waals surface area contributed by atoms with Gasteiger partial charge in [-0.15, -0.1) is 0 Å². The Bertz CT molecular complexity index is 116. The molecular formula is C6H11FN2. The second kappa shape index (κ2) is 1.67. The van der Waals surface area contributed by atoms with E-state index in [1.807, 2.05) is 0 Å². The fourth-order valence-corrected chi connectivity index (χ4v) is 1.91. The van der Waals surface area contributed by atoms with Gasteiger partial charge in [0.25, 0.3) is 0 Å². The molecule has 1 aliphatic carbocycles. The zero-order chi connectivity index (χ0) is 6.43. The number of hydrogen-bond acceptors (Lipinski definition) is 2. The Morgan fingerprint density at radius 2 is 2.00 bits per heavy atom. The Hall–Kier alpha value is -0.150. The van der Waals surface area contributed by atoms with Gasteiger partial charge in [-0.1, -0.05) is 0 Å². The largest absolute Gasteiger partial charge is 0.269 e. The number of nitrogens with zero attached hydrogens (tertiary/aromatic N) is 1. The van der Waals surface area contributed by atoms with E-state index in [1.54, 1.807) is 5.01 Å². The summed E-state index contributed by atoms with van der Waals surface area (Å²) in [4.78, 5) is 0. The molecule has 1 saturated carbocycles. The Labute approximate surface area is 53.8 Å². The second-order valence-corrected chi connectivity index (χ2v) is 3.10. The molecular weight excluding hydrogens is 119 g/mol. The Morgan fingerprint density at radius 3 is 2.44 bits per heavy atom. The molecule has 0 spiro atoms. The summed E-state index contributed by atoms with van der Waals surface area (Å²) in [5.74, 6) is 7.04. The lowest BCUT2D eigenvalue weighted by Crippen LogP contribution is -2.31. The maximum absolute atomic E-state index is 12.0. The van der Waals surface area contributed by atoms with Gasteiger partial charge in [0.15, 0.2) is 0 Å². The van der Waals surface area contributed by atoms with E-state index in [0.29, 0.717) is 17.8 Å². The highest BCUT2D eigenvalue weighted by Crippen LogP contribution is 2.50. The van der Waals surface area contributed by atoms with Gasteiger partial charge >= 0.3 is 0 Å². The number of alkyl halides is 1. The van der Waals surface area contributed by atoms with Crippen molar-refractivity contribution in [2.24, 2.45) is 23.6 Å². The first-order valence-corrected chi connectivity index (χ1v) is 3.38. The first kappa shape index (κ1) is 5.62. The SMILES string of the molecule is NN1C[C@@H]2[C@H](CF)[C@@H]2C1. The zero-order valence-electron chi connectivity index (χ0n) is 5.26. The minimum atomic E-state index is -0.136. The van der Waals surface area contributed by atoms with E-state index in [9.17, 15) is 4.39 Å². The fraction of sp³-hybridized carbons (Fsp3) is 1.00. The van der Waals surface area contributed by atoms with Crippen LogP contribution in [-0.2, 0) is 0 Å². The van der Waals surface area contributed by atoms with Crippen LogP contribution in [0.25, 0.3) is 0 Å². The van der Waals surface area contributed by atoms with Crippen LogP contribution in [0.15, 0.2) is 0 Å². The lowest BCUT2D eigenvalue weighted by Gasteiger charge is -2.10. The maximum atomic E-state index is 12.0. The topological polar surface area (TPSA) is 29.3 Å². The molecule has 0 bridgehead atoms. The molecule has 2 fully saturated rings. The molecule has 0 amide bonds. The quantitative estimate of drug-likeness (QED) is 0.506. The molecule has 0 radical (unpaired) electrons. The molecule has 1 saturated heterocycles. The Morgan fingerprint density at radius 1 is 1.44 bits per heavy atom. The number of hydrazine groups is 1. The van der Waals surface area contributed by atoms with Crippen molar-refractivity contribution in [1.82, 2.24) is 5.01 Å². The third-order valence-corrected chi connectivity index (χ3v) is 2.58. The van der Waals surface area contributed by atoms with Gasteiger partial charge < -0.3 is 0 Å². The highest BCUT2D eigenvalue weighted by Gasteiger charge is 2.54. The molecule has 0 aromatic carbocycles. The van der Waals surface area contributed by atoms with Crippen LogP contribution >= 0.6 is 0 Å². The van der Waals surface area contributed by atoms with Gasteiger partial charge in [-0.2, -0.15) is 0 Å². The van der Waals surface area contributed by atoms with Crippen molar-refractivity contribution >= 4 is 0 Å². The molecule has 2 N–H and O–H groups in total. The highest BCUT2D eigenvalue weighted by atomic mass is 19.1. The zero-order valence-corrected chi connectivity index (χ0v) is 5.26. The molecule has 1 heterocycles. The normalized spacial score (nSPS) is 49.3. The summed E-state index contributed by atoms with van der Waals surface area (Å²) in [5, 5.41) is 1.79. The van der Waals surface area contributed by atoms with Crippen LogP contribution < -0.4 is 5.84 Å². The van der Waals surface area contributed by atoms with Gasteiger partial charge in [-0.25, -0.2) is 5.01 Å². The van der Waals surface area contributed by atoms with Gasteiger partial charge in [0, 0.05) is 13.1 Å². The van der Waals surface area contributed by atoms with E-state index in [4.69, 9.17) is 5.84 Å². The van der Waals surface area contributed by atoms with Gasteiger partial charge in [0.2, 0.25) is 0 Å². The van der Waals surface area contributed by atoms with Crippen LogP contribution in [0.2, 0.25) is 0 Å². The van der Waals surface area contributed by atoms with E-state index < -0.39 is 0 Å². The highest BCUT2D eigenvalue weighted by molar-refractivity contribution is 5.03. The molecule has 2 rings (SSSR count). The lowest BCUT2D eigenvalue weighted by atomic mass is 10.3. The predicted molar refractivity (Wildman–Crippen MR) is 32.2 cm³/mol. The Balaban J connectivity index is 1.91. The van der Waals surface area contributed by atoms with Crippen molar-refractivity contribution in [2.45, 2.75) is 0 Å². The van der Waals surface area contributed by atoms with Crippen LogP contribution in [0.1, 0.15) is 0 Å². The number of fused-ring (bicyclic) bond motifs is 1. The third kappa shape index (κ3) is 0.682. The van der Waals surface area contributed by atoms with Crippen molar-refractivity contribution in [1.29, 1.82) is 0 Å². The van der Waals surface area contributed by atoms with Crippen LogP contribution in [0.4, 0.5) is 4.39 Å². The van der Waals surface area contributed by atoms with Crippen molar-refractivity contribution in [3.05, 3.63) is 0 Å². The molecule has 1 aliphatic heterocycles. The van der Waals surface area contributed by atoms with Gasteiger partial charge in [0.05, 0.1) is 6.67 Å². The van der Waals surface area contributed by atoms with Crippen molar-refractivity contribution < 1.29 is 4.39 Å². The maximum Gasteiger partial charge on any atom is 0.0929 e. The molecule has 9 heavy (non-hydrogen) atoms. The van der Waals surface area contributed by atoms with Crippen molar-refractivity contribution in [2.75, 3.05) is 19.8 Å². The van der Waals surface area contributed by atoms with Gasteiger partial charge in [-0.3, -0.25) is 10.2 Å². The van der Waals surface area contributed by atoms with Crippen LogP contribution in [-0.4, -0.2) is 24.8 Å². The predicted octanol–water partition coefficient (Wildman–Crippen LogP) is 0.00740. The molecule has 0 unspecified atom stereocenters. The number of hydrogen-bond donors (Lipinski definition) is 1. The summed E-state index contributed by atoms with van der Waals surface area (Å²) in [7, 11) is 0. The molecule has 2 aliphatic rings. The smallest absolute Gasteiger partial charge is 0.0929 e. The summed E-state index contributed by atoms with van der Waals surface area (Å²) in [6.45, 7) is 1.70. The minimum Gasteiger partial charge on any atom is -0.269 e. The standard InChI is InChI=1S/C6H11FN2/c7-1-4-5-2-9(8)3-6(4)5/h4-6H,1-3,8H2/t4-,5+,6-. The average molecular weight is 130 g/mol. The molecule has 3 atom stereocenters.